The first-order valence-electron chi connectivity index (χ1n) is 4.19. The Balaban J connectivity index is 3.11. The molecule has 1 heterocycles. The van der Waals surface area contributed by atoms with Gasteiger partial charge in [0, 0.05) is 13.0 Å². The number of imidazole rings is 1. The van der Waals surface area contributed by atoms with Gasteiger partial charge in [-0.05, 0) is 0 Å². The number of rotatable bonds is 5. The van der Waals surface area contributed by atoms with Crippen molar-refractivity contribution in [3.05, 3.63) is 43.0 Å². The number of carbonyl (C=O) groups is 1. The molecule has 0 aliphatic heterocycles. The van der Waals surface area contributed by atoms with E-state index in [-0.39, 0.29) is 5.69 Å². The van der Waals surface area contributed by atoms with E-state index in [4.69, 9.17) is 5.11 Å². The fourth-order valence-electron chi connectivity index (χ4n) is 1.23. The number of aromatic carboxylic acids is 1. The first-order chi connectivity index (χ1) is 6.70. The van der Waals surface area contributed by atoms with Gasteiger partial charge in [0.05, 0.1) is 12.0 Å². The van der Waals surface area contributed by atoms with Crippen molar-refractivity contribution < 1.29 is 9.90 Å². The third-order valence-corrected chi connectivity index (χ3v) is 1.81. The maximum atomic E-state index is 10.8. The average Bonchev–Trinajstić information content (AvgIpc) is 2.50. The lowest BCUT2D eigenvalue weighted by Crippen LogP contribution is -2.05. The molecule has 4 heteroatoms. The van der Waals surface area contributed by atoms with E-state index in [9.17, 15) is 4.79 Å². The van der Waals surface area contributed by atoms with Gasteiger partial charge in [-0.3, -0.25) is 0 Å². The van der Waals surface area contributed by atoms with Crippen molar-refractivity contribution in [1.29, 1.82) is 0 Å². The molecule has 0 bridgehead atoms. The van der Waals surface area contributed by atoms with Crippen molar-refractivity contribution in [1.82, 2.24) is 9.55 Å². The van der Waals surface area contributed by atoms with Crippen LogP contribution in [0.4, 0.5) is 0 Å². The second-order valence-electron chi connectivity index (χ2n) is 2.78. The van der Waals surface area contributed by atoms with E-state index in [1.165, 1.54) is 6.33 Å². The van der Waals surface area contributed by atoms with Crippen molar-refractivity contribution in [3.8, 4) is 0 Å². The van der Waals surface area contributed by atoms with Crippen molar-refractivity contribution in [2.24, 2.45) is 0 Å². The monoisotopic (exact) mass is 192 g/mol. The number of allylic oxidation sites excluding steroid dienone is 2. The summed E-state index contributed by atoms with van der Waals surface area (Å²) in [6.07, 6.45) is 5.35. The Morgan fingerprint density at radius 1 is 1.57 bits per heavy atom. The second-order valence-corrected chi connectivity index (χ2v) is 2.78. The van der Waals surface area contributed by atoms with Gasteiger partial charge in [0.1, 0.15) is 0 Å². The predicted molar refractivity (Wildman–Crippen MR) is 53.3 cm³/mol. The van der Waals surface area contributed by atoms with Crippen LogP contribution in [0.15, 0.2) is 31.6 Å². The van der Waals surface area contributed by atoms with Crippen LogP contribution in [0.25, 0.3) is 0 Å². The Kier molecular flexibility index (Phi) is 3.23. The highest BCUT2D eigenvalue weighted by Crippen LogP contribution is 2.09. The lowest BCUT2D eigenvalue weighted by atomic mass is 10.2. The van der Waals surface area contributed by atoms with E-state index in [1.807, 2.05) is 0 Å². The van der Waals surface area contributed by atoms with Crippen LogP contribution in [0.5, 0.6) is 0 Å². The summed E-state index contributed by atoms with van der Waals surface area (Å²) in [5.74, 6) is -1.01. The third-order valence-electron chi connectivity index (χ3n) is 1.81. The summed E-state index contributed by atoms with van der Waals surface area (Å²) in [7, 11) is 0. The van der Waals surface area contributed by atoms with Crippen LogP contribution in [0.1, 0.15) is 16.2 Å². The molecule has 74 valence electrons. The first kappa shape index (κ1) is 10.2. The summed E-state index contributed by atoms with van der Waals surface area (Å²) in [6, 6.07) is 0. The molecule has 0 saturated heterocycles. The topological polar surface area (TPSA) is 55.1 Å². The molecule has 0 aromatic carbocycles. The number of aromatic nitrogens is 2. The minimum Gasteiger partial charge on any atom is -0.476 e. The van der Waals surface area contributed by atoms with Crippen LogP contribution < -0.4 is 0 Å². The molecule has 0 radical (unpaired) electrons. The summed E-state index contributed by atoms with van der Waals surface area (Å²) in [5, 5.41) is 8.84. The smallest absolute Gasteiger partial charge is 0.356 e. The van der Waals surface area contributed by atoms with Crippen molar-refractivity contribution >= 4 is 5.97 Å². The Hall–Kier alpha value is -1.84. The molecular formula is C10H12N2O2. The van der Waals surface area contributed by atoms with Gasteiger partial charge in [-0.2, -0.15) is 0 Å². The van der Waals surface area contributed by atoms with Gasteiger partial charge in [-0.1, -0.05) is 12.2 Å². The molecule has 0 spiro atoms. The van der Waals surface area contributed by atoms with Crippen molar-refractivity contribution in [2.45, 2.75) is 13.0 Å². The molecule has 0 aliphatic carbocycles. The first-order valence-corrected chi connectivity index (χ1v) is 4.19. The van der Waals surface area contributed by atoms with Crippen LogP contribution in [0.2, 0.25) is 0 Å². The van der Waals surface area contributed by atoms with Crippen LogP contribution >= 0.6 is 0 Å². The fourth-order valence-corrected chi connectivity index (χ4v) is 1.23. The number of hydrogen-bond donors (Lipinski definition) is 1. The molecule has 0 atom stereocenters. The number of nitrogens with zero attached hydrogens (tertiary/aromatic N) is 2. The molecule has 1 aromatic heterocycles. The van der Waals surface area contributed by atoms with Gasteiger partial charge >= 0.3 is 5.97 Å². The van der Waals surface area contributed by atoms with Crippen LogP contribution in [-0.2, 0) is 13.0 Å². The quantitative estimate of drug-likeness (QED) is 0.719. The molecule has 0 aliphatic rings. The minimum absolute atomic E-state index is 0.0896. The summed E-state index contributed by atoms with van der Waals surface area (Å²) < 4.78 is 1.75. The Labute approximate surface area is 82.2 Å². The van der Waals surface area contributed by atoms with E-state index in [0.29, 0.717) is 18.7 Å². The highest BCUT2D eigenvalue weighted by molar-refractivity contribution is 5.86. The summed E-state index contributed by atoms with van der Waals surface area (Å²) in [5.41, 5.74) is 0.749. The predicted octanol–water partition coefficient (Wildman–Crippen LogP) is 1.50. The van der Waals surface area contributed by atoms with Gasteiger partial charge in [-0.15, -0.1) is 13.2 Å². The molecule has 1 N–H and O–H groups in total. The van der Waals surface area contributed by atoms with Crippen LogP contribution in [-0.4, -0.2) is 20.6 Å². The van der Waals surface area contributed by atoms with E-state index in [0.717, 1.165) is 0 Å². The number of carboxylic acids is 1. The second kappa shape index (κ2) is 4.41. The van der Waals surface area contributed by atoms with Crippen molar-refractivity contribution in [3.63, 3.8) is 0 Å². The normalized spacial score (nSPS) is 9.71. The van der Waals surface area contributed by atoms with Crippen molar-refractivity contribution in [2.75, 3.05) is 0 Å². The van der Waals surface area contributed by atoms with Crippen LogP contribution in [0.3, 0.4) is 0 Å². The van der Waals surface area contributed by atoms with Gasteiger partial charge in [0.2, 0.25) is 0 Å². The minimum atomic E-state index is -1.01. The largest absolute Gasteiger partial charge is 0.476 e. The summed E-state index contributed by atoms with van der Waals surface area (Å²) >= 11 is 0. The molecular weight excluding hydrogens is 180 g/mol. The molecule has 0 amide bonds. The molecule has 1 rings (SSSR count). The maximum absolute atomic E-state index is 10.8. The number of carboxylic acid groups (broad SMARTS) is 1. The highest BCUT2D eigenvalue weighted by atomic mass is 16.4. The van der Waals surface area contributed by atoms with Crippen LogP contribution in [0, 0.1) is 0 Å². The zero-order valence-corrected chi connectivity index (χ0v) is 7.81. The van der Waals surface area contributed by atoms with E-state index >= 15 is 0 Å². The summed E-state index contributed by atoms with van der Waals surface area (Å²) in [6.45, 7) is 7.73. The molecule has 0 fully saturated rings. The maximum Gasteiger partial charge on any atom is 0.356 e. The van der Waals surface area contributed by atoms with Gasteiger partial charge in [0.25, 0.3) is 0 Å². The van der Waals surface area contributed by atoms with Gasteiger partial charge in [-0.25, -0.2) is 9.78 Å². The van der Waals surface area contributed by atoms with E-state index in [2.05, 4.69) is 18.1 Å². The lowest BCUT2D eigenvalue weighted by molar-refractivity contribution is 0.0690. The van der Waals surface area contributed by atoms with Gasteiger partial charge < -0.3 is 9.67 Å². The zero-order valence-electron chi connectivity index (χ0n) is 7.81. The molecule has 1 aromatic rings. The molecule has 14 heavy (non-hydrogen) atoms. The Morgan fingerprint density at radius 2 is 2.29 bits per heavy atom. The molecule has 0 saturated carbocycles. The fraction of sp³-hybridized carbons (Fsp3) is 0.200. The standard InChI is InChI=1S/C10H12N2O2/c1-3-5-8-9(10(13)14)11-7-12(8)6-4-2/h3-4,7H,1-2,5-6H2,(H,13,14). The van der Waals surface area contributed by atoms with E-state index in [1.54, 1.807) is 16.7 Å². The van der Waals surface area contributed by atoms with E-state index < -0.39 is 5.97 Å². The molecule has 4 nitrogen and oxygen atoms in total. The highest BCUT2D eigenvalue weighted by Gasteiger charge is 2.14. The van der Waals surface area contributed by atoms with Gasteiger partial charge in [0.15, 0.2) is 5.69 Å². The average molecular weight is 192 g/mol. The third kappa shape index (κ3) is 1.90. The zero-order chi connectivity index (χ0) is 10.6. The Bertz CT molecular complexity index is 366. The number of hydrogen-bond acceptors (Lipinski definition) is 2. The SMILES string of the molecule is C=CCc1c(C(=O)O)ncn1CC=C. The lowest BCUT2D eigenvalue weighted by Gasteiger charge is -2.03. The summed E-state index contributed by atoms with van der Waals surface area (Å²) in [4.78, 5) is 14.6. The molecule has 0 unspecified atom stereocenters. The Morgan fingerprint density at radius 3 is 2.79 bits per heavy atom.